The molecule has 6 nitrogen and oxygen atoms in total. The molecule has 0 aromatic rings. The van der Waals surface area contributed by atoms with Gasteiger partial charge in [-0.2, -0.15) is 0 Å². The Bertz CT molecular complexity index is 294. The lowest BCUT2D eigenvalue weighted by molar-refractivity contribution is -0.146. The topological polar surface area (TPSA) is 81.7 Å². The third-order valence-corrected chi connectivity index (χ3v) is 2.88. The molecule has 0 aromatic carbocycles. The summed E-state index contributed by atoms with van der Waals surface area (Å²) in [6, 6.07) is -0.978. The van der Waals surface area contributed by atoms with Crippen molar-refractivity contribution in [2.24, 2.45) is 0 Å². The Labute approximate surface area is 101 Å². The van der Waals surface area contributed by atoms with E-state index in [9.17, 15) is 9.59 Å². The number of carboxylic acids is 1. The van der Waals surface area contributed by atoms with Crippen LogP contribution >= 0.6 is 0 Å². The van der Waals surface area contributed by atoms with Gasteiger partial charge < -0.3 is 15.7 Å². The quantitative estimate of drug-likeness (QED) is 0.606. The van der Waals surface area contributed by atoms with Crippen molar-refractivity contribution in [3.8, 4) is 0 Å². The van der Waals surface area contributed by atoms with Crippen LogP contribution in [0.5, 0.6) is 0 Å². The molecule has 2 atom stereocenters. The highest BCUT2D eigenvalue weighted by Gasteiger charge is 2.34. The summed E-state index contributed by atoms with van der Waals surface area (Å²) in [4.78, 5) is 24.7. The third-order valence-electron chi connectivity index (χ3n) is 2.88. The number of hydrogen-bond donors (Lipinski definition) is 3. The molecule has 98 valence electrons. The highest BCUT2D eigenvalue weighted by molar-refractivity contribution is 5.83. The zero-order chi connectivity index (χ0) is 13.0. The van der Waals surface area contributed by atoms with Crippen LogP contribution in [0.15, 0.2) is 0 Å². The number of carboxylic acid groups (broad SMARTS) is 1. The molecule has 0 aromatic heterocycles. The SMILES string of the molecule is CC(C)NC(=O)C(C)N1CCNCC1C(=O)O. The number of carbonyl (C=O) groups is 2. The van der Waals surface area contributed by atoms with Gasteiger partial charge in [0.1, 0.15) is 6.04 Å². The molecule has 6 heteroatoms. The molecule has 0 bridgehead atoms. The average molecular weight is 243 g/mol. The first-order valence-corrected chi connectivity index (χ1v) is 5.93. The number of nitrogens with zero attached hydrogens (tertiary/aromatic N) is 1. The number of carbonyl (C=O) groups excluding carboxylic acids is 1. The fourth-order valence-corrected chi connectivity index (χ4v) is 1.97. The van der Waals surface area contributed by atoms with Gasteiger partial charge in [-0.15, -0.1) is 0 Å². The summed E-state index contributed by atoms with van der Waals surface area (Å²) >= 11 is 0. The molecule has 1 saturated heterocycles. The fraction of sp³-hybridized carbons (Fsp3) is 0.818. The van der Waals surface area contributed by atoms with Crippen molar-refractivity contribution in [2.45, 2.75) is 38.9 Å². The van der Waals surface area contributed by atoms with Gasteiger partial charge in [-0.05, 0) is 20.8 Å². The minimum atomic E-state index is -0.888. The largest absolute Gasteiger partial charge is 0.480 e. The first-order chi connectivity index (χ1) is 7.93. The summed E-state index contributed by atoms with van der Waals surface area (Å²) in [7, 11) is 0. The first kappa shape index (κ1) is 13.9. The van der Waals surface area contributed by atoms with Crippen LogP contribution in [-0.2, 0) is 9.59 Å². The molecule has 0 saturated carbocycles. The summed E-state index contributed by atoms with van der Waals surface area (Å²) in [5.74, 6) is -1.01. The van der Waals surface area contributed by atoms with Crippen LogP contribution in [0.3, 0.4) is 0 Å². The van der Waals surface area contributed by atoms with E-state index in [1.54, 1.807) is 11.8 Å². The predicted octanol–water partition coefficient (Wildman–Crippen LogP) is -0.742. The minimum absolute atomic E-state index is 0.0659. The molecule has 1 heterocycles. The van der Waals surface area contributed by atoms with Gasteiger partial charge in [0.15, 0.2) is 0 Å². The fourth-order valence-electron chi connectivity index (χ4n) is 1.97. The summed E-state index contributed by atoms with van der Waals surface area (Å²) in [5.41, 5.74) is 0. The molecule has 1 aliphatic rings. The maximum atomic E-state index is 11.9. The second kappa shape index (κ2) is 5.97. The van der Waals surface area contributed by atoms with Crippen LogP contribution in [0, 0.1) is 0 Å². The zero-order valence-electron chi connectivity index (χ0n) is 10.6. The van der Waals surface area contributed by atoms with Gasteiger partial charge in [-0.3, -0.25) is 14.5 Å². The Kier molecular flexibility index (Phi) is 4.89. The lowest BCUT2D eigenvalue weighted by Crippen LogP contribution is -2.61. The van der Waals surface area contributed by atoms with E-state index in [0.717, 1.165) is 0 Å². The van der Waals surface area contributed by atoms with E-state index < -0.39 is 18.1 Å². The van der Waals surface area contributed by atoms with E-state index in [1.807, 2.05) is 13.8 Å². The van der Waals surface area contributed by atoms with Crippen LogP contribution in [0.4, 0.5) is 0 Å². The average Bonchev–Trinajstić information content (AvgIpc) is 2.27. The van der Waals surface area contributed by atoms with E-state index in [4.69, 9.17) is 5.11 Å². The number of hydrogen-bond acceptors (Lipinski definition) is 4. The number of aliphatic carboxylic acids is 1. The Morgan fingerprint density at radius 1 is 1.41 bits per heavy atom. The summed E-state index contributed by atoms with van der Waals surface area (Å²) in [6.07, 6.45) is 0. The summed E-state index contributed by atoms with van der Waals surface area (Å²) < 4.78 is 0. The Balaban J connectivity index is 2.67. The van der Waals surface area contributed by atoms with E-state index in [0.29, 0.717) is 19.6 Å². The highest BCUT2D eigenvalue weighted by Crippen LogP contribution is 2.09. The molecule has 1 fully saturated rings. The molecule has 0 spiro atoms. The van der Waals surface area contributed by atoms with Gasteiger partial charge in [0, 0.05) is 25.7 Å². The molecule has 1 rings (SSSR count). The molecular formula is C11H21N3O3. The van der Waals surface area contributed by atoms with Crippen LogP contribution in [-0.4, -0.2) is 59.6 Å². The Hall–Kier alpha value is -1.14. The van der Waals surface area contributed by atoms with E-state index >= 15 is 0 Å². The van der Waals surface area contributed by atoms with Gasteiger partial charge >= 0.3 is 5.97 Å². The van der Waals surface area contributed by atoms with Crippen molar-refractivity contribution in [3.05, 3.63) is 0 Å². The van der Waals surface area contributed by atoms with Crippen molar-refractivity contribution in [1.29, 1.82) is 0 Å². The Morgan fingerprint density at radius 3 is 2.59 bits per heavy atom. The first-order valence-electron chi connectivity index (χ1n) is 5.93. The second-order valence-corrected chi connectivity index (χ2v) is 4.64. The number of nitrogens with one attached hydrogen (secondary N) is 2. The van der Waals surface area contributed by atoms with Crippen LogP contribution < -0.4 is 10.6 Å². The van der Waals surface area contributed by atoms with Gasteiger partial charge in [0.05, 0.1) is 6.04 Å². The van der Waals surface area contributed by atoms with Gasteiger partial charge in [-0.1, -0.05) is 0 Å². The van der Waals surface area contributed by atoms with Crippen LogP contribution in [0.2, 0.25) is 0 Å². The van der Waals surface area contributed by atoms with Crippen molar-refractivity contribution in [3.63, 3.8) is 0 Å². The van der Waals surface area contributed by atoms with E-state index in [-0.39, 0.29) is 11.9 Å². The van der Waals surface area contributed by atoms with Gasteiger partial charge in [0.25, 0.3) is 0 Å². The normalized spacial score (nSPS) is 23.4. The monoisotopic (exact) mass is 243 g/mol. The van der Waals surface area contributed by atoms with E-state index in [2.05, 4.69) is 10.6 Å². The van der Waals surface area contributed by atoms with Gasteiger partial charge in [0.2, 0.25) is 5.91 Å². The zero-order valence-corrected chi connectivity index (χ0v) is 10.6. The van der Waals surface area contributed by atoms with Crippen molar-refractivity contribution in [1.82, 2.24) is 15.5 Å². The molecule has 17 heavy (non-hydrogen) atoms. The van der Waals surface area contributed by atoms with Crippen molar-refractivity contribution < 1.29 is 14.7 Å². The highest BCUT2D eigenvalue weighted by atomic mass is 16.4. The molecular weight excluding hydrogens is 222 g/mol. The van der Waals surface area contributed by atoms with Gasteiger partial charge in [-0.25, -0.2) is 0 Å². The third kappa shape index (κ3) is 3.67. The lowest BCUT2D eigenvalue weighted by Gasteiger charge is -2.37. The number of rotatable bonds is 4. The van der Waals surface area contributed by atoms with E-state index in [1.165, 1.54) is 0 Å². The standard InChI is InChI=1S/C11H21N3O3/c1-7(2)13-10(15)8(3)14-5-4-12-6-9(14)11(16)17/h7-9,12H,4-6H2,1-3H3,(H,13,15)(H,16,17). The maximum Gasteiger partial charge on any atom is 0.322 e. The number of amides is 1. The maximum absolute atomic E-state index is 11.9. The molecule has 2 unspecified atom stereocenters. The summed E-state index contributed by atoms with van der Waals surface area (Å²) in [6.45, 7) is 7.19. The molecule has 1 aliphatic heterocycles. The smallest absolute Gasteiger partial charge is 0.322 e. The number of piperazine rings is 1. The molecule has 0 radical (unpaired) electrons. The van der Waals surface area contributed by atoms with Crippen molar-refractivity contribution >= 4 is 11.9 Å². The predicted molar refractivity (Wildman–Crippen MR) is 63.7 cm³/mol. The molecule has 1 amide bonds. The molecule has 0 aliphatic carbocycles. The van der Waals surface area contributed by atoms with Crippen molar-refractivity contribution in [2.75, 3.05) is 19.6 Å². The lowest BCUT2D eigenvalue weighted by atomic mass is 10.1. The summed E-state index contributed by atoms with van der Waals surface area (Å²) in [5, 5.41) is 14.9. The Morgan fingerprint density at radius 2 is 2.06 bits per heavy atom. The van der Waals surface area contributed by atoms with Crippen LogP contribution in [0.25, 0.3) is 0 Å². The molecule has 3 N–H and O–H groups in total. The second-order valence-electron chi connectivity index (χ2n) is 4.64. The van der Waals surface area contributed by atoms with Crippen LogP contribution in [0.1, 0.15) is 20.8 Å². The minimum Gasteiger partial charge on any atom is -0.480 e.